The van der Waals surface area contributed by atoms with Gasteiger partial charge in [0.25, 0.3) is 5.91 Å². The Morgan fingerprint density at radius 3 is 2.92 bits per heavy atom. The van der Waals surface area contributed by atoms with Crippen LogP contribution in [0.1, 0.15) is 36.7 Å². The normalized spacial score (nSPS) is 25.8. The standard InChI is InChI=1S/C19H22N4O3/c1-11-9-23(10-16(11)22-18(25)13-4-5-14(24)7-13)19(26)15-8-12-3-2-6-20-17(12)21-15/h2-3,6,8,11,13,16H,4-5,7,9-10H2,1H3,(H,20,21)(H,22,25). The van der Waals surface area contributed by atoms with Crippen LogP contribution in [0.2, 0.25) is 0 Å². The molecular formula is C19H22N4O3. The number of nitrogens with one attached hydrogen (secondary N) is 2. The van der Waals surface area contributed by atoms with Crippen molar-refractivity contribution in [2.24, 2.45) is 11.8 Å². The molecule has 4 rings (SSSR count). The number of Topliss-reactive ketones (excluding diaryl/α,β-unsaturated/α-hetero) is 1. The van der Waals surface area contributed by atoms with Gasteiger partial charge in [-0.2, -0.15) is 0 Å². The highest BCUT2D eigenvalue weighted by Gasteiger charge is 2.36. The maximum Gasteiger partial charge on any atom is 0.270 e. The highest BCUT2D eigenvalue weighted by molar-refractivity contribution is 5.97. The highest BCUT2D eigenvalue weighted by Crippen LogP contribution is 2.24. The van der Waals surface area contributed by atoms with Gasteiger partial charge in [-0.05, 0) is 30.5 Å². The number of ketones is 1. The van der Waals surface area contributed by atoms with Gasteiger partial charge in [-0.25, -0.2) is 4.98 Å². The molecule has 1 saturated carbocycles. The number of aromatic amines is 1. The van der Waals surface area contributed by atoms with Crippen LogP contribution >= 0.6 is 0 Å². The Bertz CT molecular complexity index is 842. The van der Waals surface area contributed by atoms with E-state index in [2.05, 4.69) is 15.3 Å². The molecule has 2 amide bonds. The number of hydrogen-bond acceptors (Lipinski definition) is 4. The van der Waals surface area contributed by atoms with E-state index >= 15 is 0 Å². The van der Waals surface area contributed by atoms with E-state index in [0.29, 0.717) is 43.7 Å². The van der Waals surface area contributed by atoms with Gasteiger partial charge in [-0.15, -0.1) is 0 Å². The summed E-state index contributed by atoms with van der Waals surface area (Å²) in [6.07, 6.45) is 3.16. The number of fused-ring (bicyclic) bond motifs is 1. The molecule has 136 valence electrons. The van der Waals surface area contributed by atoms with E-state index in [0.717, 1.165) is 5.39 Å². The van der Waals surface area contributed by atoms with Crippen molar-refractivity contribution in [3.05, 3.63) is 30.1 Å². The zero-order valence-corrected chi connectivity index (χ0v) is 14.7. The molecule has 3 unspecified atom stereocenters. The van der Waals surface area contributed by atoms with E-state index in [9.17, 15) is 14.4 Å². The Balaban J connectivity index is 1.42. The first kappa shape index (κ1) is 16.8. The number of amides is 2. The van der Waals surface area contributed by atoms with Gasteiger partial charge in [-0.3, -0.25) is 14.4 Å². The Hall–Kier alpha value is -2.70. The summed E-state index contributed by atoms with van der Waals surface area (Å²) in [4.78, 5) is 45.6. The topological polar surface area (TPSA) is 95.2 Å². The predicted molar refractivity (Wildman–Crippen MR) is 95.4 cm³/mol. The van der Waals surface area contributed by atoms with E-state index in [4.69, 9.17) is 0 Å². The summed E-state index contributed by atoms with van der Waals surface area (Å²) >= 11 is 0. The van der Waals surface area contributed by atoms with Crippen LogP contribution < -0.4 is 5.32 Å². The van der Waals surface area contributed by atoms with Crippen molar-refractivity contribution < 1.29 is 14.4 Å². The van der Waals surface area contributed by atoms with E-state index in [1.807, 2.05) is 25.1 Å². The number of pyridine rings is 1. The van der Waals surface area contributed by atoms with E-state index in [-0.39, 0.29) is 35.5 Å². The maximum atomic E-state index is 12.8. The maximum absolute atomic E-state index is 12.8. The zero-order valence-electron chi connectivity index (χ0n) is 14.7. The number of likely N-dealkylation sites (tertiary alicyclic amines) is 1. The van der Waals surface area contributed by atoms with Crippen LogP contribution in [-0.4, -0.2) is 51.6 Å². The van der Waals surface area contributed by atoms with Gasteiger partial charge in [0.1, 0.15) is 17.1 Å². The summed E-state index contributed by atoms with van der Waals surface area (Å²) < 4.78 is 0. The van der Waals surface area contributed by atoms with E-state index in [1.54, 1.807) is 11.1 Å². The molecule has 0 radical (unpaired) electrons. The molecule has 3 atom stereocenters. The minimum atomic E-state index is -0.209. The molecule has 2 aliphatic rings. The monoisotopic (exact) mass is 354 g/mol. The molecule has 0 aromatic carbocycles. The molecule has 2 fully saturated rings. The van der Waals surface area contributed by atoms with Crippen molar-refractivity contribution in [3.8, 4) is 0 Å². The summed E-state index contributed by atoms with van der Waals surface area (Å²) in [5.41, 5.74) is 1.21. The second kappa shape index (κ2) is 6.55. The molecule has 26 heavy (non-hydrogen) atoms. The second-order valence-corrected chi connectivity index (χ2v) is 7.41. The summed E-state index contributed by atoms with van der Waals surface area (Å²) in [7, 11) is 0. The van der Waals surface area contributed by atoms with Crippen LogP contribution in [0, 0.1) is 11.8 Å². The fraction of sp³-hybridized carbons (Fsp3) is 0.474. The van der Waals surface area contributed by atoms with Crippen LogP contribution in [0.3, 0.4) is 0 Å². The lowest BCUT2D eigenvalue weighted by Crippen LogP contribution is -2.43. The Labute approximate surface area is 151 Å². The van der Waals surface area contributed by atoms with Gasteiger partial charge < -0.3 is 15.2 Å². The molecule has 7 nitrogen and oxygen atoms in total. The van der Waals surface area contributed by atoms with Gasteiger partial charge in [0.15, 0.2) is 0 Å². The first-order chi connectivity index (χ1) is 12.5. The smallest absolute Gasteiger partial charge is 0.270 e. The van der Waals surface area contributed by atoms with Crippen LogP contribution in [0.4, 0.5) is 0 Å². The van der Waals surface area contributed by atoms with Crippen molar-refractivity contribution in [2.45, 2.75) is 32.2 Å². The number of carbonyl (C=O) groups is 3. The lowest BCUT2D eigenvalue weighted by molar-refractivity contribution is -0.127. The third-order valence-corrected chi connectivity index (χ3v) is 5.47. The molecule has 2 aromatic rings. The van der Waals surface area contributed by atoms with Gasteiger partial charge >= 0.3 is 0 Å². The van der Waals surface area contributed by atoms with Crippen molar-refractivity contribution in [1.82, 2.24) is 20.2 Å². The van der Waals surface area contributed by atoms with Crippen molar-refractivity contribution in [3.63, 3.8) is 0 Å². The molecule has 3 heterocycles. The Morgan fingerprint density at radius 1 is 1.35 bits per heavy atom. The number of H-pyrrole nitrogens is 1. The number of carbonyl (C=O) groups excluding carboxylic acids is 3. The summed E-state index contributed by atoms with van der Waals surface area (Å²) in [6.45, 7) is 3.11. The van der Waals surface area contributed by atoms with E-state index in [1.165, 1.54) is 0 Å². The predicted octanol–water partition coefficient (Wildman–Crippen LogP) is 1.51. The minimum absolute atomic E-state index is 0.0585. The van der Waals surface area contributed by atoms with Crippen molar-refractivity contribution >= 4 is 28.6 Å². The zero-order chi connectivity index (χ0) is 18.3. The Morgan fingerprint density at radius 2 is 2.19 bits per heavy atom. The SMILES string of the molecule is CC1CN(C(=O)c2cc3cccnc3[nH]2)CC1NC(=O)C1CCC(=O)C1. The number of rotatable bonds is 3. The molecular weight excluding hydrogens is 332 g/mol. The van der Waals surface area contributed by atoms with Crippen LogP contribution in [0.15, 0.2) is 24.4 Å². The first-order valence-corrected chi connectivity index (χ1v) is 9.06. The molecule has 1 aliphatic carbocycles. The van der Waals surface area contributed by atoms with Crippen LogP contribution in [-0.2, 0) is 9.59 Å². The largest absolute Gasteiger partial charge is 0.351 e. The average molecular weight is 354 g/mol. The van der Waals surface area contributed by atoms with Crippen LogP contribution in [0.25, 0.3) is 11.0 Å². The summed E-state index contributed by atoms with van der Waals surface area (Å²) in [6, 6.07) is 5.48. The molecule has 2 N–H and O–H groups in total. The van der Waals surface area contributed by atoms with Crippen molar-refractivity contribution in [2.75, 3.05) is 13.1 Å². The minimum Gasteiger partial charge on any atom is -0.351 e. The fourth-order valence-corrected chi connectivity index (χ4v) is 3.90. The molecule has 7 heteroatoms. The van der Waals surface area contributed by atoms with Crippen molar-refractivity contribution in [1.29, 1.82) is 0 Å². The fourth-order valence-electron chi connectivity index (χ4n) is 3.90. The molecule has 1 aliphatic heterocycles. The molecule has 2 aromatic heterocycles. The lowest BCUT2D eigenvalue weighted by Gasteiger charge is -2.19. The van der Waals surface area contributed by atoms with E-state index < -0.39 is 0 Å². The number of hydrogen-bond donors (Lipinski definition) is 2. The molecule has 0 bridgehead atoms. The number of aromatic nitrogens is 2. The average Bonchev–Trinajstić information content (AvgIpc) is 3.33. The van der Waals surface area contributed by atoms with Gasteiger partial charge in [0.05, 0.1) is 6.04 Å². The summed E-state index contributed by atoms with van der Waals surface area (Å²) in [5, 5.41) is 3.95. The van der Waals surface area contributed by atoms with Gasteiger partial charge in [-0.1, -0.05) is 6.92 Å². The molecule has 1 saturated heterocycles. The lowest BCUT2D eigenvalue weighted by atomic mass is 10.0. The third-order valence-electron chi connectivity index (χ3n) is 5.47. The van der Waals surface area contributed by atoms with Crippen LogP contribution in [0.5, 0.6) is 0 Å². The Kier molecular flexibility index (Phi) is 4.22. The number of nitrogens with zero attached hydrogens (tertiary/aromatic N) is 2. The third kappa shape index (κ3) is 3.09. The van der Waals surface area contributed by atoms with Gasteiger partial charge in [0.2, 0.25) is 5.91 Å². The first-order valence-electron chi connectivity index (χ1n) is 9.06. The van der Waals surface area contributed by atoms with Gasteiger partial charge in [0, 0.05) is 43.4 Å². The second-order valence-electron chi connectivity index (χ2n) is 7.41. The molecule has 0 spiro atoms. The summed E-state index contributed by atoms with van der Waals surface area (Å²) in [5.74, 6) is -0.0185. The quantitative estimate of drug-likeness (QED) is 0.873. The highest BCUT2D eigenvalue weighted by atomic mass is 16.2.